The fourth-order valence-electron chi connectivity index (χ4n) is 2.00. The molecule has 1 aromatic rings. The Balaban J connectivity index is 2.29. The number of hydrogen-bond acceptors (Lipinski definition) is 6. The van der Waals surface area contributed by atoms with Gasteiger partial charge in [-0.1, -0.05) is 0 Å². The Morgan fingerprint density at radius 3 is 2.84 bits per heavy atom. The minimum atomic E-state index is -3.26. The van der Waals surface area contributed by atoms with E-state index in [9.17, 15) is 8.42 Å². The van der Waals surface area contributed by atoms with E-state index in [-0.39, 0.29) is 4.90 Å². The van der Waals surface area contributed by atoms with Crippen molar-refractivity contribution in [2.45, 2.75) is 11.0 Å². The van der Waals surface area contributed by atoms with Gasteiger partial charge in [-0.25, -0.2) is 8.42 Å². The van der Waals surface area contributed by atoms with Crippen molar-refractivity contribution in [1.82, 2.24) is 0 Å². The van der Waals surface area contributed by atoms with E-state index in [1.165, 1.54) is 12.1 Å². The van der Waals surface area contributed by atoms with E-state index in [4.69, 9.17) is 15.7 Å². The molecule has 1 atom stereocenters. The number of morpholine rings is 1. The summed E-state index contributed by atoms with van der Waals surface area (Å²) in [6.45, 7) is 1.50. The third-order valence-corrected chi connectivity index (χ3v) is 4.09. The van der Waals surface area contributed by atoms with Crippen molar-refractivity contribution in [3.8, 4) is 6.07 Å². The van der Waals surface area contributed by atoms with Crippen LogP contribution in [0.2, 0.25) is 0 Å². The molecular formula is C12H15N3O3S. The molecule has 0 aliphatic carbocycles. The van der Waals surface area contributed by atoms with Gasteiger partial charge in [-0.15, -0.1) is 0 Å². The third-order valence-electron chi connectivity index (χ3n) is 2.98. The molecule has 1 aliphatic rings. The number of ether oxygens (including phenoxy) is 1. The average Bonchev–Trinajstić information content (AvgIpc) is 2.37. The number of anilines is 2. The van der Waals surface area contributed by atoms with Gasteiger partial charge in [-0.3, -0.25) is 0 Å². The number of nitrogens with two attached hydrogens (primary N) is 1. The van der Waals surface area contributed by atoms with E-state index in [0.717, 1.165) is 11.9 Å². The molecule has 1 saturated heterocycles. The van der Waals surface area contributed by atoms with Crippen LogP contribution in [0.25, 0.3) is 0 Å². The Labute approximate surface area is 112 Å². The normalized spacial score (nSPS) is 20.0. The highest BCUT2D eigenvalue weighted by Crippen LogP contribution is 2.27. The molecule has 7 heteroatoms. The molecule has 1 aliphatic heterocycles. The van der Waals surface area contributed by atoms with Gasteiger partial charge in [0.05, 0.1) is 35.5 Å². The highest BCUT2D eigenvalue weighted by molar-refractivity contribution is 7.90. The number of rotatable bonds is 2. The molecule has 0 amide bonds. The summed E-state index contributed by atoms with van der Waals surface area (Å²) in [5, 5.41) is 8.86. The van der Waals surface area contributed by atoms with Crippen molar-refractivity contribution in [2.24, 2.45) is 0 Å². The summed E-state index contributed by atoms with van der Waals surface area (Å²) in [6, 6.07) is 6.70. The molecule has 1 unspecified atom stereocenters. The first-order valence-corrected chi connectivity index (χ1v) is 7.66. The first-order valence-electron chi connectivity index (χ1n) is 5.77. The van der Waals surface area contributed by atoms with Gasteiger partial charge >= 0.3 is 0 Å². The van der Waals surface area contributed by atoms with Crippen molar-refractivity contribution < 1.29 is 13.2 Å². The molecule has 0 saturated carbocycles. The van der Waals surface area contributed by atoms with E-state index in [2.05, 4.69) is 6.07 Å². The van der Waals surface area contributed by atoms with Gasteiger partial charge in [0.1, 0.15) is 0 Å². The van der Waals surface area contributed by atoms with Crippen molar-refractivity contribution in [3.05, 3.63) is 18.2 Å². The summed E-state index contributed by atoms with van der Waals surface area (Å²) in [7, 11) is -3.26. The maximum Gasteiger partial charge on any atom is 0.175 e. The molecule has 0 bridgehead atoms. The molecule has 19 heavy (non-hydrogen) atoms. The predicted octanol–water partition coefficient (Wildman–Crippen LogP) is 0.401. The molecule has 1 heterocycles. The van der Waals surface area contributed by atoms with Crippen molar-refractivity contribution in [1.29, 1.82) is 5.26 Å². The van der Waals surface area contributed by atoms with Crippen LogP contribution in [0.1, 0.15) is 0 Å². The molecule has 2 N–H and O–H groups in total. The zero-order chi connectivity index (χ0) is 14.0. The topological polar surface area (TPSA) is 96.4 Å². The van der Waals surface area contributed by atoms with Gasteiger partial charge < -0.3 is 15.4 Å². The van der Waals surface area contributed by atoms with Crippen LogP contribution in [0, 0.1) is 11.3 Å². The lowest BCUT2D eigenvalue weighted by Crippen LogP contribution is -2.42. The van der Waals surface area contributed by atoms with E-state index < -0.39 is 15.9 Å². The third kappa shape index (κ3) is 2.97. The number of benzene rings is 1. The quantitative estimate of drug-likeness (QED) is 0.788. The second kappa shape index (κ2) is 5.07. The standard InChI is InChI=1S/C12H15N3O3S/c1-19(16,17)10-2-3-12(11(14)6-10)15-4-5-18-9(7-13)8-15/h2-3,6,9H,4-5,8,14H2,1H3. The second-order valence-corrected chi connectivity index (χ2v) is 6.44. The van der Waals surface area contributed by atoms with Crippen LogP contribution < -0.4 is 10.6 Å². The molecular weight excluding hydrogens is 266 g/mol. The summed E-state index contributed by atoms with van der Waals surface area (Å²) in [6.07, 6.45) is 0.657. The largest absolute Gasteiger partial charge is 0.397 e. The van der Waals surface area contributed by atoms with Crippen LogP contribution in [-0.4, -0.2) is 40.5 Å². The smallest absolute Gasteiger partial charge is 0.175 e. The van der Waals surface area contributed by atoms with Crippen LogP contribution in [0.15, 0.2) is 23.1 Å². The van der Waals surface area contributed by atoms with Crippen molar-refractivity contribution in [3.63, 3.8) is 0 Å². The van der Waals surface area contributed by atoms with Crippen LogP contribution in [0.4, 0.5) is 11.4 Å². The highest BCUT2D eigenvalue weighted by Gasteiger charge is 2.22. The summed E-state index contributed by atoms with van der Waals surface area (Å²) in [5.41, 5.74) is 7.03. The Morgan fingerprint density at radius 2 is 2.26 bits per heavy atom. The zero-order valence-corrected chi connectivity index (χ0v) is 11.4. The van der Waals surface area contributed by atoms with E-state index >= 15 is 0 Å². The number of sulfone groups is 1. The van der Waals surface area contributed by atoms with Gasteiger partial charge in [0, 0.05) is 12.8 Å². The van der Waals surface area contributed by atoms with Crippen LogP contribution in [0.5, 0.6) is 0 Å². The molecule has 6 nitrogen and oxygen atoms in total. The van der Waals surface area contributed by atoms with Gasteiger partial charge in [0.2, 0.25) is 0 Å². The zero-order valence-electron chi connectivity index (χ0n) is 10.5. The first-order chi connectivity index (χ1) is 8.91. The lowest BCUT2D eigenvalue weighted by atomic mass is 10.2. The second-order valence-electron chi connectivity index (χ2n) is 4.43. The maximum absolute atomic E-state index is 11.4. The first kappa shape index (κ1) is 13.6. The van der Waals surface area contributed by atoms with E-state index in [1.54, 1.807) is 6.07 Å². The molecule has 1 aromatic carbocycles. The van der Waals surface area contributed by atoms with Gasteiger partial charge in [0.15, 0.2) is 15.9 Å². The molecule has 1 fully saturated rings. The Kier molecular flexibility index (Phi) is 3.64. The van der Waals surface area contributed by atoms with Crippen LogP contribution >= 0.6 is 0 Å². The Morgan fingerprint density at radius 1 is 1.53 bits per heavy atom. The Bertz CT molecular complexity index is 622. The van der Waals surface area contributed by atoms with E-state index in [1.807, 2.05) is 4.90 Å². The van der Waals surface area contributed by atoms with Gasteiger partial charge in [0.25, 0.3) is 0 Å². The fourth-order valence-corrected chi connectivity index (χ4v) is 2.65. The number of nitrogen functional groups attached to an aromatic ring is 1. The SMILES string of the molecule is CS(=O)(=O)c1ccc(N2CCOC(C#N)C2)c(N)c1. The fraction of sp³-hybridized carbons (Fsp3) is 0.417. The number of nitriles is 1. The summed E-state index contributed by atoms with van der Waals surface area (Å²) in [5.74, 6) is 0. The molecule has 102 valence electrons. The molecule has 0 spiro atoms. The van der Waals surface area contributed by atoms with Crippen LogP contribution in [-0.2, 0) is 14.6 Å². The molecule has 2 rings (SSSR count). The summed E-state index contributed by atoms with van der Waals surface area (Å²) in [4.78, 5) is 2.12. The van der Waals surface area contributed by atoms with E-state index in [0.29, 0.717) is 25.4 Å². The number of nitrogens with zero attached hydrogens (tertiary/aromatic N) is 2. The lowest BCUT2D eigenvalue weighted by molar-refractivity contribution is 0.0765. The van der Waals surface area contributed by atoms with Gasteiger partial charge in [-0.2, -0.15) is 5.26 Å². The van der Waals surface area contributed by atoms with Crippen molar-refractivity contribution in [2.75, 3.05) is 36.6 Å². The lowest BCUT2D eigenvalue weighted by Gasteiger charge is -2.32. The summed E-state index contributed by atoms with van der Waals surface area (Å²) >= 11 is 0. The summed E-state index contributed by atoms with van der Waals surface area (Å²) < 4.78 is 28.1. The number of hydrogen-bond donors (Lipinski definition) is 1. The van der Waals surface area contributed by atoms with Crippen molar-refractivity contribution >= 4 is 21.2 Å². The van der Waals surface area contributed by atoms with Crippen LogP contribution in [0.3, 0.4) is 0 Å². The molecule has 0 radical (unpaired) electrons. The molecule has 0 aromatic heterocycles. The highest BCUT2D eigenvalue weighted by atomic mass is 32.2. The monoisotopic (exact) mass is 281 g/mol. The average molecular weight is 281 g/mol. The minimum Gasteiger partial charge on any atom is -0.397 e. The predicted molar refractivity (Wildman–Crippen MR) is 71.5 cm³/mol. The Hall–Kier alpha value is -1.78. The maximum atomic E-state index is 11.4. The van der Waals surface area contributed by atoms with Gasteiger partial charge in [-0.05, 0) is 18.2 Å². The minimum absolute atomic E-state index is 0.193.